The van der Waals surface area contributed by atoms with Crippen molar-refractivity contribution in [2.24, 2.45) is 5.10 Å². The molecule has 2 aromatic rings. The molecule has 0 spiro atoms. The van der Waals surface area contributed by atoms with E-state index in [1.54, 1.807) is 42.6 Å². The van der Waals surface area contributed by atoms with Crippen LogP contribution in [-0.2, 0) is 9.59 Å². The SMILES string of the molecule is CC(C)NC(=O)COc1ccc(/C=N\NC(=O)CSc2ccc(Cl)cc2)cc1. The predicted octanol–water partition coefficient (Wildman–Crippen LogP) is 3.49. The van der Waals surface area contributed by atoms with E-state index in [1.807, 2.05) is 26.0 Å². The van der Waals surface area contributed by atoms with Gasteiger partial charge in [0.2, 0.25) is 5.91 Å². The van der Waals surface area contributed by atoms with Crippen molar-refractivity contribution < 1.29 is 14.3 Å². The summed E-state index contributed by atoms with van der Waals surface area (Å²) in [5.41, 5.74) is 3.28. The van der Waals surface area contributed by atoms with Gasteiger partial charge in [-0.1, -0.05) is 11.6 Å². The van der Waals surface area contributed by atoms with Gasteiger partial charge >= 0.3 is 0 Å². The number of amides is 2. The summed E-state index contributed by atoms with van der Waals surface area (Å²) >= 11 is 7.23. The van der Waals surface area contributed by atoms with Crippen LogP contribution in [0, 0.1) is 0 Å². The highest BCUT2D eigenvalue weighted by atomic mass is 35.5. The summed E-state index contributed by atoms with van der Waals surface area (Å²) < 4.78 is 5.41. The van der Waals surface area contributed by atoms with Gasteiger partial charge in [0, 0.05) is 16.0 Å². The Labute approximate surface area is 173 Å². The van der Waals surface area contributed by atoms with Gasteiger partial charge in [-0.3, -0.25) is 9.59 Å². The maximum Gasteiger partial charge on any atom is 0.258 e. The molecule has 0 aliphatic heterocycles. The zero-order valence-electron chi connectivity index (χ0n) is 15.6. The van der Waals surface area contributed by atoms with Crippen LogP contribution < -0.4 is 15.5 Å². The van der Waals surface area contributed by atoms with Crippen molar-refractivity contribution in [1.29, 1.82) is 0 Å². The second kappa shape index (κ2) is 11.4. The van der Waals surface area contributed by atoms with Crippen molar-refractivity contribution in [1.82, 2.24) is 10.7 Å². The maximum atomic E-state index is 11.8. The smallest absolute Gasteiger partial charge is 0.258 e. The van der Waals surface area contributed by atoms with Gasteiger partial charge in [-0.25, -0.2) is 5.43 Å². The summed E-state index contributed by atoms with van der Waals surface area (Å²) in [7, 11) is 0. The van der Waals surface area contributed by atoms with Crippen molar-refractivity contribution in [3.05, 3.63) is 59.1 Å². The van der Waals surface area contributed by atoms with E-state index < -0.39 is 0 Å². The topological polar surface area (TPSA) is 79.8 Å². The molecule has 0 heterocycles. The lowest BCUT2D eigenvalue weighted by Crippen LogP contribution is -2.34. The van der Waals surface area contributed by atoms with Gasteiger partial charge < -0.3 is 10.1 Å². The van der Waals surface area contributed by atoms with Crippen molar-refractivity contribution >= 4 is 41.4 Å². The number of rotatable bonds is 9. The first kappa shape index (κ1) is 21.8. The Bertz CT molecular complexity index is 808. The highest BCUT2D eigenvalue weighted by Gasteiger charge is 2.04. The Balaban J connectivity index is 1.72. The molecule has 0 aliphatic carbocycles. The molecule has 0 aliphatic rings. The molecule has 148 valence electrons. The molecule has 2 aromatic carbocycles. The predicted molar refractivity (Wildman–Crippen MR) is 113 cm³/mol. The molecule has 28 heavy (non-hydrogen) atoms. The van der Waals surface area contributed by atoms with E-state index in [2.05, 4.69) is 15.8 Å². The highest BCUT2D eigenvalue weighted by Crippen LogP contribution is 2.19. The van der Waals surface area contributed by atoms with Crippen molar-refractivity contribution in [3.8, 4) is 5.75 Å². The highest BCUT2D eigenvalue weighted by molar-refractivity contribution is 8.00. The Morgan fingerprint density at radius 2 is 1.79 bits per heavy atom. The van der Waals surface area contributed by atoms with E-state index in [1.165, 1.54) is 11.8 Å². The summed E-state index contributed by atoms with van der Waals surface area (Å²) in [6.07, 6.45) is 1.54. The molecule has 6 nitrogen and oxygen atoms in total. The minimum absolute atomic E-state index is 0.0348. The Morgan fingerprint density at radius 1 is 1.11 bits per heavy atom. The van der Waals surface area contributed by atoms with Crippen molar-refractivity contribution in [3.63, 3.8) is 0 Å². The number of halogens is 1. The lowest BCUT2D eigenvalue weighted by atomic mass is 10.2. The van der Waals surface area contributed by atoms with Gasteiger partial charge in [-0.15, -0.1) is 11.8 Å². The van der Waals surface area contributed by atoms with Crippen LogP contribution in [0.25, 0.3) is 0 Å². The maximum absolute atomic E-state index is 11.8. The Morgan fingerprint density at radius 3 is 2.43 bits per heavy atom. The van der Waals surface area contributed by atoms with Crippen molar-refractivity contribution in [2.75, 3.05) is 12.4 Å². The number of nitrogens with one attached hydrogen (secondary N) is 2. The quantitative estimate of drug-likeness (QED) is 0.370. The minimum atomic E-state index is -0.202. The summed E-state index contributed by atoms with van der Waals surface area (Å²) in [5, 5.41) is 7.35. The minimum Gasteiger partial charge on any atom is -0.484 e. The van der Waals surface area contributed by atoms with Crippen LogP contribution in [0.3, 0.4) is 0 Å². The number of carbonyl (C=O) groups is 2. The van der Waals surface area contributed by atoms with Crippen LogP contribution >= 0.6 is 23.4 Å². The number of hydrogen-bond donors (Lipinski definition) is 2. The van der Waals surface area contributed by atoms with E-state index in [-0.39, 0.29) is 30.2 Å². The van der Waals surface area contributed by atoms with E-state index in [0.717, 1.165) is 10.5 Å². The fraction of sp³-hybridized carbons (Fsp3) is 0.250. The number of carbonyl (C=O) groups excluding carboxylic acids is 2. The van der Waals surface area contributed by atoms with Gasteiger partial charge in [0.15, 0.2) is 6.61 Å². The third-order valence-corrected chi connectivity index (χ3v) is 4.55. The Hall–Kier alpha value is -2.51. The van der Waals surface area contributed by atoms with Crippen LogP contribution in [-0.4, -0.2) is 36.4 Å². The molecule has 0 saturated carbocycles. The monoisotopic (exact) mass is 419 g/mol. The molecule has 0 aromatic heterocycles. The number of hydrazone groups is 1. The summed E-state index contributed by atoms with van der Waals surface area (Å²) in [6, 6.07) is 14.4. The number of benzene rings is 2. The lowest BCUT2D eigenvalue weighted by molar-refractivity contribution is -0.123. The molecular formula is C20H22ClN3O3S. The van der Waals surface area contributed by atoms with Crippen molar-refractivity contribution in [2.45, 2.75) is 24.8 Å². The second-order valence-corrected chi connectivity index (χ2v) is 7.60. The zero-order valence-corrected chi connectivity index (χ0v) is 17.2. The van der Waals surface area contributed by atoms with Gasteiger partial charge in [-0.2, -0.15) is 5.10 Å². The van der Waals surface area contributed by atoms with Gasteiger partial charge in [-0.05, 0) is 67.9 Å². The van der Waals surface area contributed by atoms with Crippen LogP contribution in [0.2, 0.25) is 5.02 Å². The first-order valence-corrected chi connectivity index (χ1v) is 10.0. The zero-order chi connectivity index (χ0) is 20.4. The molecule has 2 amide bonds. The van der Waals surface area contributed by atoms with E-state index >= 15 is 0 Å². The summed E-state index contributed by atoms with van der Waals surface area (Å²) in [6.45, 7) is 3.75. The first-order chi connectivity index (χ1) is 13.4. The Kier molecular flexibility index (Phi) is 8.84. The molecule has 0 atom stereocenters. The van der Waals surface area contributed by atoms with Gasteiger partial charge in [0.25, 0.3) is 5.91 Å². The average Bonchev–Trinajstić information content (AvgIpc) is 2.66. The number of nitrogens with zero attached hydrogens (tertiary/aromatic N) is 1. The first-order valence-electron chi connectivity index (χ1n) is 8.65. The molecule has 0 radical (unpaired) electrons. The standard InChI is InChI=1S/C20H22ClN3O3S/c1-14(2)23-19(25)12-27-17-7-3-15(4-8-17)11-22-24-20(26)13-28-18-9-5-16(21)6-10-18/h3-11,14H,12-13H2,1-2H3,(H,23,25)(H,24,26)/b22-11-. The van der Waals surface area contributed by atoms with Crippen LogP contribution in [0.5, 0.6) is 5.75 Å². The fourth-order valence-corrected chi connectivity index (χ4v) is 2.87. The van der Waals surface area contributed by atoms with Crippen LogP contribution in [0.15, 0.2) is 58.5 Å². The molecule has 2 rings (SSSR count). The van der Waals surface area contributed by atoms with E-state index in [4.69, 9.17) is 16.3 Å². The fourth-order valence-electron chi connectivity index (χ4n) is 2.05. The molecular weight excluding hydrogens is 398 g/mol. The molecule has 2 N–H and O–H groups in total. The average molecular weight is 420 g/mol. The molecule has 0 fully saturated rings. The molecule has 0 saturated heterocycles. The third-order valence-electron chi connectivity index (χ3n) is 3.29. The largest absolute Gasteiger partial charge is 0.484 e. The second-order valence-electron chi connectivity index (χ2n) is 6.12. The van der Waals surface area contributed by atoms with E-state index in [0.29, 0.717) is 10.8 Å². The number of ether oxygens (including phenoxy) is 1. The summed E-state index contributed by atoms with van der Waals surface area (Å²) in [4.78, 5) is 24.3. The van der Waals surface area contributed by atoms with Crippen LogP contribution in [0.1, 0.15) is 19.4 Å². The molecule has 0 bridgehead atoms. The molecule has 8 heteroatoms. The third kappa shape index (κ3) is 8.45. The number of hydrogen-bond acceptors (Lipinski definition) is 5. The summed E-state index contributed by atoms with van der Waals surface area (Å²) in [5.74, 6) is 0.469. The van der Waals surface area contributed by atoms with Gasteiger partial charge in [0.05, 0.1) is 12.0 Å². The number of thioether (sulfide) groups is 1. The van der Waals surface area contributed by atoms with Crippen LogP contribution in [0.4, 0.5) is 0 Å². The lowest BCUT2D eigenvalue weighted by Gasteiger charge is -2.09. The molecule has 0 unspecified atom stereocenters. The van der Waals surface area contributed by atoms with Gasteiger partial charge in [0.1, 0.15) is 5.75 Å². The van der Waals surface area contributed by atoms with E-state index in [9.17, 15) is 9.59 Å². The normalized spacial score (nSPS) is 10.9.